The first-order valence-corrected chi connectivity index (χ1v) is 6.60. The third kappa shape index (κ3) is 2.32. The van der Waals surface area contributed by atoms with Crippen LogP contribution in [0, 0.1) is 11.3 Å². The van der Waals surface area contributed by atoms with Crippen LogP contribution in [0.15, 0.2) is 60.7 Å². The Labute approximate surface area is 122 Å². The highest BCUT2D eigenvalue weighted by atomic mass is 35.5. The van der Waals surface area contributed by atoms with Gasteiger partial charge in [-0.2, -0.15) is 5.26 Å². The van der Waals surface area contributed by atoms with Crippen molar-refractivity contribution in [3.05, 3.63) is 71.2 Å². The summed E-state index contributed by atoms with van der Waals surface area (Å²) in [5.41, 5.74) is 2.37. The Morgan fingerprint density at radius 2 is 1.75 bits per heavy atom. The number of nitrogens with one attached hydrogen (secondary N) is 1. The zero-order valence-corrected chi connectivity index (χ0v) is 11.4. The van der Waals surface area contributed by atoms with E-state index in [0.717, 1.165) is 16.8 Å². The Morgan fingerprint density at radius 1 is 0.950 bits per heavy atom. The van der Waals surface area contributed by atoms with Crippen molar-refractivity contribution in [3.8, 4) is 6.07 Å². The first-order valence-electron chi connectivity index (χ1n) is 6.22. The summed E-state index contributed by atoms with van der Waals surface area (Å²) < 4.78 is 0. The predicted octanol–water partition coefficient (Wildman–Crippen LogP) is 5.11. The minimum Gasteiger partial charge on any atom is -0.355 e. The number of hydrogen-bond donors (Lipinski definition) is 1. The summed E-state index contributed by atoms with van der Waals surface area (Å²) in [6, 6.07) is 21.7. The zero-order valence-electron chi connectivity index (χ0n) is 10.6. The van der Waals surface area contributed by atoms with Gasteiger partial charge in [-0.1, -0.05) is 48.0 Å². The van der Waals surface area contributed by atoms with Gasteiger partial charge in [0.25, 0.3) is 0 Å². The molecule has 0 saturated carbocycles. The molecule has 0 bridgehead atoms. The van der Waals surface area contributed by atoms with Crippen LogP contribution in [0.25, 0.3) is 10.8 Å². The second-order valence-corrected chi connectivity index (χ2v) is 4.87. The number of halogens is 1. The summed E-state index contributed by atoms with van der Waals surface area (Å²) >= 11 is 6.05. The largest absolute Gasteiger partial charge is 0.355 e. The summed E-state index contributed by atoms with van der Waals surface area (Å²) in [6.45, 7) is 0. The Morgan fingerprint density at radius 3 is 2.55 bits per heavy atom. The maximum Gasteiger partial charge on any atom is 0.101 e. The first kappa shape index (κ1) is 12.5. The van der Waals surface area contributed by atoms with Crippen molar-refractivity contribution in [2.24, 2.45) is 0 Å². The minimum atomic E-state index is 0.456. The van der Waals surface area contributed by atoms with Gasteiger partial charge in [0.15, 0.2) is 0 Å². The van der Waals surface area contributed by atoms with Gasteiger partial charge in [-0.15, -0.1) is 0 Å². The van der Waals surface area contributed by atoms with Gasteiger partial charge in [0.2, 0.25) is 0 Å². The van der Waals surface area contributed by atoms with Crippen LogP contribution >= 0.6 is 11.6 Å². The number of fused-ring (bicyclic) bond motifs is 1. The van der Waals surface area contributed by atoms with Crippen molar-refractivity contribution < 1.29 is 0 Å². The maximum atomic E-state index is 8.89. The minimum absolute atomic E-state index is 0.456. The maximum absolute atomic E-state index is 8.89. The molecule has 0 aliphatic heterocycles. The molecule has 0 amide bonds. The van der Waals surface area contributed by atoms with E-state index in [1.807, 2.05) is 30.3 Å². The van der Waals surface area contributed by atoms with E-state index in [4.69, 9.17) is 16.9 Å². The molecule has 3 aromatic carbocycles. The number of hydrogen-bond acceptors (Lipinski definition) is 2. The lowest BCUT2D eigenvalue weighted by molar-refractivity contribution is 1.48. The summed E-state index contributed by atoms with van der Waals surface area (Å²) in [4.78, 5) is 0. The second-order valence-electron chi connectivity index (χ2n) is 4.46. The molecule has 0 aliphatic carbocycles. The van der Waals surface area contributed by atoms with Crippen molar-refractivity contribution in [1.29, 1.82) is 5.26 Å². The Hall–Kier alpha value is -2.50. The summed E-state index contributed by atoms with van der Waals surface area (Å²) in [6.07, 6.45) is 0. The molecule has 0 atom stereocenters. The molecule has 1 N–H and O–H groups in total. The molecule has 20 heavy (non-hydrogen) atoms. The lowest BCUT2D eigenvalue weighted by Crippen LogP contribution is -1.92. The fourth-order valence-corrected chi connectivity index (χ4v) is 2.40. The molecule has 2 nitrogen and oxygen atoms in total. The number of anilines is 2. The van der Waals surface area contributed by atoms with Gasteiger partial charge in [0.1, 0.15) is 6.07 Å². The number of rotatable bonds is 2. The lowest BCUT2D eigenvalue weighted by Gasteiger charge is -2.10. The molecule has 3 aromatic rings. The fourth-order valence-electron chi connectivity index (χ4n) is 2.17. The van der Waals surface area contributed by atoms with Gasteiger partial charge in [-0.3, -0.25) is 0 Å². The highest BCUT2D eigenvalue weighted by molar-refractivity contribution is 6.32. The van der Waals surface area contributed by atoms with Crippen LogP contribution in [0.4, 0.5) is 11.4 Å². The van der Waals surface area contributed by atoms with E-state index >= 15 is 0 Å². The van der Waals surface area contributed by atoms with E-state index in [1.165, 1.54) is 5.39 Å². The Kier molecular flexibility index (Phi) is 3.28. The van der Waals surface area contributed by atoms with E-state index in [2.05, 4.69) is 29.6 Å². The van der Waals surface area contributed by atoms with Crippen LogP contribution in [0.2, 0.25) is 5.02 Å². The third-order valence-corrected chi connectivity index (χ3v) is 3.47. The molecule has 0 aliphatic rings. The fraction of sp³-hybridized carbons (Fsp3) is 0. The van der Waals surface area contributed by atoms with E-state index < -0.39 is 0 Å². The quantitative estimate of drug-likeness (QED) is 0.707. The second kappa shape index (κ2) is 5.24. The SMILES string of the molecule is N#Cc1ccc(Nc2cccc3ccccc23)cc1Cl. The van der Waals surface area contributed by atoms with Crippen molar-refractivity contribution in [2.75, 3.05) is 5.32 Å². The highest BCUT2D eigenvalue weighted by Gasteiger charge is 2.03. The van der Waals surface area contributed by atoms with Crippen LogP contribution in [-0.2, 0) is 0 Å². The van der Waals surface area contributed by atoms with Crippen LogP contribution in [0.3, 0.4) is 0 Å². The van der Waals surface area contributed by atoms with Crippen LogP contribution in [0.1, 0.15) is 5.56 Å². The standard InChI is InChI=1S/C17H11ClN2/c18-16-10-14(9-8-13(16)11-19)20-17-7-3-5-12-4-1-2-6-15(12)17/h1-10,20H. The van der Waals surface area contributed by atoms with Crippen LogP contribution in [0.5, 0.6) is 0 Å². The molecule has 3 heteroatoms. The average molecular weight is 279 g/mol. The molecule has 0 spiro atoms. The van der Waals surface area contributed by atoms with Crippen molar-refractivity contribution in [2.45, 2.75) is 0 Å². The molecule has 0 fully saturated rings. The average Bonchev–Trinajstić information content (AvgIpc) is 2.48. The van der Waals surface area contributed by atoms with Gasteiger partial charge in [0.05, 0.1) is 10.6 Å². The van der Waals surface area contributed by atoms with Gasteiger partial charge < -0.3 is 5.32 Å². The topological polar surface area (TPSA) is 35.8 Å². The number of benzene rings is 3. The predicted molar refractivity (Wildman–Crippen MR) is 83.4 cm³/mol. The first-order chi connectivity index (χ1) is 9.78. The molecule has 0 aromatic heterocycles. The molecule has 96 valence electrons. The molecular formula is C17H11ClN2. The van der Waals surface area contributed by atoms with Crippen LogP contribution in [-0.4, -0.2) is 0 Å². The van der Waals surface area contributed by atoms with Gasteiger partial charge >= 0.3 is 0 Å². The smallest absolute Gasteiger partial charge is 0.101 e. The Bertz CT molecular complexity index is 813. The van der Waals surface area contributed by atoms with Crippen molar-refractivity contribution in [3.63, 3.8) is 0 Å². The van der Waals surface area contributed by atoms with E-state index in [9.17, 15) is 0 Å². The van der Waals surface area contributed by atoms with Gasteiger partial charge in [-0.25, -0.2) is 0 Å². The Balaban J connectivity index is 2.02. The molecular weight excluding hydrogens is 268 g/mol. The molecule has 3 rings (SSSR count). The normalized spacial score (nSPS) is 10.2. The van der Waals surface area contributed by atoms with E-state index in [0.29, 0.717) is 10.6 Å². The highest BCUT2D eigenvalue weighted by Crippen LogP contribution is 2.28. The van der Waals surface area contributed by atoms with Crippen molar-refractivity contribution in [1.82, 2.24) is 0 Å². The zero-order chi connectivity index (χ0) is 13.9. The number of nitriles is 1. The number of nitrogens with zero attached hydrogens (tertiary/aromatic N) is 1. The molecule has 0 heterocycles. The van der Waals surface area contributed by atoms with Crippen LogP contribution < -0.4 is 5.32 Å². The molecule has 0 saturated heterocycles. The van der Waals surface area contributed by atoms with Crippen molar-refractivity contribution >= 4 is 33.7 Å². The third-order valence-electron chi connectivity index (χ3n) is 3.16. The monoisotopic (exact) mass is 278 g/mol. The van der Waals surface area contributed by atoms with Gasteiger partial charge in [0, 0.05) is 16.8 Å². The summed E-state index contributed by atoms with van der Waals surface area (Å²) in [7, 11) is 0. The van der Waals surface area contributed by atoms with Gasteiger partial charge in [-0.05, 0) is 29.7 Å². The molecule has 0 radical (unpaired) electrons. The summed E-state index contributed by atoms with van der Waals surface area (Å²) in [5.74, 6) is 0. The lowest BCUT2D eigenvalue weighted by atomic mass is 10.1. The van der Waals surface area contributed by atoms with E-state index in [-0.39, 0.29) is 0 Å². The molecule has 0 unspecified atom stereocenters. The summed E-state index contributed by atoms with van der Waals surface area (Å²) in [5, 5.41) is 15.0. The van der Waals surface area contributed by atoms with E-state index in [1.54, 1.807) is 12.1 Å².